The Morgan fingerprint density at radius 1 is 0.938 bits per heavy atom. The first-order valence-electron chi connectivity index (χ1n) is 10.3. The zero-order valence-corrected chi connectivity index (χ0v) is 18.3. The number of nitrogens with one attached hydrogen (secondary N) is 1. The molecule has 1 amide bonds. The van der Waals surface area contributed by atoms with Crippen molar-refractivity contribution in [1.29, 1.82) is 0 Å². The van der Waals surface area contributed by atoms with Gasteiger partial charge in [0.05, 0.1) is 18.1 Å². The molecule has 0 aliphatic carbocycles. The molecule has 8 heteroatoms. The van der Waals surface area contributed by atoms with E-state index in [4.69, 9.17) is 4.74 Å². The molecule has 2 aromatic carbocycles. The van der Waals surface area contributed by atoms with E-state index in [2.05, 4.69) is 5.32 Å². The van der Waals surface area contributed by atoms with Gasteiger partial charge in [-0.3, -0.25) is 4.79 Å². The molecule has 0 bridgehead atoms. The first-order valence-corrected chi connectivity index (χ1v) is 10.3. The van der Waals surface area contributed by atoms with E-state index in [0.29, 0.717) is 11.1 Å². The Hall–Kier alpha value is -3.00. The Bertz CT molecular complexity index is 894. The van der Waals surface area contributed by atoms with E-state index >= 15 is 0 Å². The van der Waals surface area contributed by atoms with Crippen LogP contribution in [0.5, 0.6) is 0 Å². The van der Waals surface area contributed by atoms with Gasteiger partial charge in [0.1, 0.15) is 17.2 Å². The molecule has 3 atom stereocenters. The molecule has 0 saturated carbocycles. The van der Waals surface area contributed by atoms with Crippen molar-refractivity contribution in [2.24, 2.45) is 5.92 Å². The number of aliphatic carboxylic acids is 1. The molecule has 2 rings (SSSR count). The predicted molar refractivity (Wildman–Crippen MR) is 115 cm³/mol. The second-order valence-electron chi connectivity index (χ2n) is 8.75. The number of hydrogen-bond donors (Lipinski definition) is 3. The van der Waals surface area contributed by atoms with Crippen LogP contribution in [0, 0.1) is 17.6 Å². The average Bonchev–Trinajstić information content (AvgIpc) is 2.68. The van der Waals surface area contributed by atoms with E-state index in [1.54, 1.807) is 20.8 Å². The summed E-state index contributed by atoms with van der Waals surface area (Å²) < 4.78 is 31.6. The number of amides is 1. The number of carbonyl (C=O) groups excluding carboxylic acids is 1. The largest absolute Gasteiger partial charge is 0.481 e. The maximum atomic E-state index is 13.2. The Morgan fingerprint density at radius 3 is 1.84 bits per heavy atom. The topological polar surface area (TPSA) is 95.9 Å². The highest BCUT2D eigenvalue weighted by Crippen LogP contribution is 2.20. The second kappa shape index (κ2) is 11.0. The van der Waals surface area contributed by atoms with Crippen molar-refractivity contribution in [3.05, 3.63) is 71.3 Å². The van der Waals surface area contributed by atoms with Gasteiger partial charge in [-0.05, 0) is 75.4 Å². The molecule has 3 N–H and O–H groups in total. The lowest BCUT2D eigenvalue weighted by Gasteiger charge is -2.28. The summed E-state index contributed by atoms with van der Waals surface area (Å²) in [5.74, 6) is -2.93. The van der Waals surface area contributed by atoms with Crippen LogP contribution < -0.4 is 5.32 Å². The van der Waals surface area contributed by atoms with Crippen LogP contribution in [-0.4, -0.2) is 40.0 Å². The summed E-state index contributed by atoms with van der Waals surface area (Å²) in [5, 5.41) is 23.1. The minimum absolute atomic E-state index is 0.0857. The monoisotopic (exact) mass is 449 g/mol. The normalized spacial score (nSPS) is 14.3. The van der Waals surface area contributed by atoms with Crippen LogP contribution in [0.15, 0.2) is 48.5 Å². The van der Waals surface area contributed by atoms with Gasteiger partial charge in [-0.15, -0.1) is 0 Å². The zero-order chi connectivity index (χ0) is 23.9. The van der Waals surface area contributed by atoms with Crippen molar-refractivity contribution in [2.45, 2.75) is 57.8 Å². The molecule has 0 fully saturated rings. The molecular weight excluding hydrogens is 420 g/mol. The number of carboxylic acid groups (broad SMARTS) is 1. The predicted octanol–water partition coefficient (Wildman–Crippen LogP) is 4.10. The number of hydrogen-bond acceptors (Lipinski definition) is 4. The molecule has 0 saturated heterocycles. The molecule has 0 aromatic heterocycles. The maximum absolute atomic E-state index is 13.2. The van der Waals surface area contributed by atoms with Gasteiger partial charge in [-0.1, -0.05) is 24.3 Å². The van der Waals surface area contributed by atoms with Gasteiger partial charge in [0, 0.05) is 0 Å². The number of halogens is 2. The van der Waals surface area contributed by atoms with Crippen LogP contribution >= 0.6 is 0 Å². The summed E-state index contributed by atoms with van der Waals surface area (Å²) in [6.07, 6.45) is -1.91. The standard InChI is InChI=1S/C24H29F2NO5/c1-24(2,3)32-23(31)27-20(13-16-6-10-19(26)11-7-16)21(28)14-17(22(29)30)12-15-4-8-18(25)9-5-15/h4-11,17,20-21,28H,12-14H2,1-3H3,(H,27,31)(H,29,30). The summed E-state index contributed by atoms with van der Waals surface area (Å²) >= 11 is 0. The van der Waals surface area contributed by atoms with Gasteiger partial charge in [0.2, 0.25) is 0 Å². The van der Waals surface area contributed by atoms with Crippen LogP contribution in [-0.2, 0) is 22.4 Å². The number of aliphatic hydroxyl groups excluding tert-OH is 1. The first-order chi connectivity index (χ1) is 14.9. The minimum atomic E-state index is -1.23. The lowest BCUT2D eigenvalue weighted by molar-refractivity contribution is -0.143. The molecule has 6 nitrogen and oxygen atoms in total. The van der Waals surface area contributed by atoms with E-state index in [0.717, 1.165) is 0 Å². The Kier molecular flexibility index (Phi) is 8.72. The van der Waals surface area contributed by atoms with E-state index in [9.17, 15) is 28.6 Å². The Labute approximate surface area is 186 Å². The molecular formula is C24H29F2NO5. The molecule has 0 spiro atoms. The zero-order valence-electron chi connectivity index (χ0n) is 18.3. The van der Waals surface area contributed by atoms with Crippen molar-refractivity contribution in [3.63, 3.8) is 0 Å². The fourth-order valence-electron chi connectivity index (χ4n) is 3.25. The Morgan fingerprint density at radius 2 is 1.41 bits per heavy atom. The highest BCUT2D eigenvalue weighted by molar-refractivity contribution is 5.70. The molecule has 0 aliphatic rings. The SMILES string of the molecule is CC(C)(C)OC(=O)NC(Cc1ccc(F)cc1)C(O)CC(Cc1ccc(F)cc1)C(=O)O. The summed E-state index contributed by atoms with van der Waals surface area (Å²) in [7, 11) is 0. The molecule has 2 aromatic rings. The third-order valence-electron chi connectivity index (χ3n) is 4.81. The first kappa shape index (κ1) is 25.3. The summed E-state index contributed by atoms with van der Waals surface area (Å²) in [4.78, 5) is 24.1. The number of alkyl carbamates (subject to hydrolysis) is 1. The van der Waals surface area contributed by atoms with Gasteiger partial charge in [0.25, 0.3) is 0 Å². The highest BCUT2D eigenvalue weighted by atomic mass is 19.1. The van der Waals surface area contributed by atoms with E-state index in [-0.39, 0.29) is 19.3 Å². The van der Waals surface area contributed by atoms with E-state index < -0.39 is 47.4 Å². The van der Waals surface area contributed by atoms with E-state index in [1.807, 2.05) is 0 Å². The molecule has 32 heavy (non-hydrogen) atoms. The number of aliphatic hydroxyl groups is 1. The average molecular weight is 449 g/mol. The van der Waals surface area contributed by atoms with Crippen LogP contribution in [0.1, 0.15) is 38.3 Å². The van der Waals surface area contributed by atoms with Crippen LogP contribution in [0.25, 0.3) is 0 Å². The number of rotatable bonds is 9. The van der Waals surface area contributed by atoms with Crippen LogP contribution in [0.3, 0.4) is 0 Å². The van der Waals surface area contributed by atoms with Crippen LogP contribution in [0.2, 0.25) is 0 Å². The van der Waals surface area contributed by atoms with Crippen molar-refractivity contribution < 1.29 is 33.3 Å². The fourth-order valence-corrected chi connectivity index (χ4v) is 3.25. The fraction of sp³-hybridized carbons (Fsp3) is 0.417. The Balaban J connectivity index is 2.16. The number of ether oxygens (including phenoxy) is 1. The van der Waals surface area contributed by atoms with Gasteiger partial charge < -0.3 is 20.3 Å². The van der Waals surface area contributed by atoms with Crippen LogP contribution in [0.4, 0.5) is 13.6 Å². The lowest BCUT2D eigenvalue weighted by Crippen LogP contribution is -2.47. The van der Waals surface area contributed by atoms with Crippen molar-refractivity contribution in [1.82, 2.24) is 5.32 Å². The van der Waals surface area contributed by atoms with Gasteiger partial charge >= 0.3 is 12.1 Å². The lowest BCUT2D eigenvalue weighted by atomic mass is 9.89. The van der Waals surface area contributed by atoms with Gasteiger partial charge in [-0.2, -0.15) is 0 Å². The smallest absolute Gasteiger partial charge is 0.407 e. The van der Waals surface area contributed by atoms with Gasteiger partial charge in [-0.25, -0.2) is 13.6 Å². The van der Waals surface area contributed by atoms with Gasteiger partial charge in [0.15, 0.2) is 0 Å². The van der Waals surface area contributed by atoms with E-state index in [1.165, 1.54) is 48.5 Å². The number of carboxylic acids is 1. The summed E-state index contributed by atoms with van der Waals surface area (Å²) in [6.45, 7) is 5.09. The second-order valence-corrected chi connectivity index (χ2v) is 8.75. The quantitative estimate of drug-likeness (QED) is 0.536. The molecule has 3 unspecified atom stereocenters. The molecule has 0 heterocycles. The summed E-state index contributed by atoms with van der Waals surface area (Å²) in [5.41, 5.74) is 0.500. The maximum Gasteiger partial charge on any atom is 0.407 e. The molecule has 174 valence electrons. The highest BCUT2D eigenvalue weighted by Gasteiger charge is 2.30. The minimum Gasteiger partial charge on any atom is -0.481 e. The molecule has 0 aliphatic heterocycles. The molecule has 0 radical (unpaired) electrons. The van der Waals surface area contributed by atoms with Crippen molar-refractivity contribution in [2.75, 3.05) is 0 Å². The number of carbonyl (C=O) groups is 2. The van der Waals surface area contributed by atoms with Crippen molar-refractivity contribution >= 4 is 12.1 Å². The number of benzene rings is 2. The van der Waals surface area contributed by atoms with Crippen molar-refractivity contribution in [3.8, 4) is 0 Å². The third-order valence-corrected chi connectivity index (χ3v) is 4.81. The summed E-state index contributed by atoms with van der Waals surface area (Å²) in [6, 6.07) is 10.2. The third kappa shape index (κ3) is 8.63.